The minimum absolute atomic E-state index is 0.167. The monoisotopic (exact) mass is 360 g/mol. The van der Waals surface area contributed by atoms with Crippen LogP contribution in [0, 0.1) is 31.8 Å². The Kier molecular flexibility index (Phi) is 4.15. The van der Waals surface area contributed by atoms with E-state index in [4.69, 9.17) is 6.57 Å². The maximum absolute atomic E-state index is 13.2. The number of nitrogens with zero attached hydrogens (tertiary/aromatic N) is 2. The minimum Gasteiger partial charge on any atom is -0.290 e. The van der Waals surface area contributed by atoms with Crippen LogP contribution in [0.4, 0.5) is 0 Å². The van der Waals surface area contributed by atoms with Crippen molar-refractivity contribution >= 4 is 11.4 Å². The molecule has 0 heterocycles. The van der Waals surface area contributed by atoms with Gasteiger partial charge in [-0.15, -0.1) is 0 Å². The van der Waals surface area contributed by atoms with E-state index in [1.165, 1.54) is 5.56 Å². The second-order valence-corrected chi connectivity index (χ2v) is 6.95. The average Bonchev–Trinajstić information content (AvgIpc) is 2.71. The average molecular weight is 360 g/mol. The SMILES string of the molecule is [C-]#[N+]/C(C#N)=C1\C(=O)c2cc(C)ccc2-c2ccc(-c3ccc(C)cc3)cc21. The van der Waals surface area contributed by atoms with E-state index in [-0.39, 0.29) is 17.1 Å². The standard InChI is InChI=1S/C25H16N2O/c1-15-4-7-17(8-5-15)18-9-11-19-20-10-6-16(2)12-22(20)25(28)24(21(19)13-18)23(14-26)27-3/h4-13H,1-2H3/b24-23-. The van der Waals surface area contributed by atoms with E-state index >= 15 is 0 Å². The molecule has 0 bridgehead atoms. The van der Waals surface area contributed by atoms with Crippen molar-refractivity contribution in [3.63, 3.8) is 0 Å². The van der Waals surface area contributed by atoms with Gasteiger partial charge in [-0.1, -0.05) is 59.7 Å². The van der Waals surface area contributed by atoms with E-state index < -0.39 is 0 Å². The van der Waals surface area contributed by atoms with Gasteiger partial charge in [-0.25, -0.2) is 10.1 Å². The van der Waals surface area contributed by atoms with Gasteiger partial charge in [0.25, 0.3) is 5.70 Å². The van der Waals surface area contributed by atoms with Crippen molar-refractivity contribution in [1.29, 1.82) is 5.26 Å². The summed E-state index contributed by atoms with van der Waals surface area (Å²) in [6.07, 6.45) is 0. The van der Waals surface area contributed by atoms with Crippen LogP contribution in [-0.2, 0) is 0 Å². The molecule has 3 aromatic rings. The Balaban J connectivity index is 2.04. The van der Waals surface area contributed by atoms with Crippen molar-refractivity contribution in [2.75, 3.05) is 0 Å². The molecule has 0 saturated carbocycles. The predicted octanol–water partition coefficient (Wildman–Crippen LogP) is 5.99. The molecule has 1 aliphatic carbocycles. The fraction of sp³-hybridized carbons (Fsp3) is 0.0800. The first-order valence-electron chi connectivity index (χ1n) is 8.92. The number of nitriles is 1. The maximum atomic E-state index is 13.2. The lowest BCUT2D eigenvalue weighted by molar-refractivity contribution is 0.105. The third kappa shape index (κ3) is 2.71. The van der Waals surface area contributed by atoms with Gasteiger partial charge in [0.1, 0.15) is 0 Å². The second kappa shape index (κ2) is 6.65. The summed E-state index contributed by atoms with van der Waals surface area (Å²) in [5.41, 5.74) is 7.03. The summed E-state index contributed by atoms with van der Waals surface area (Å²) in [6.45, 7) is 11.3. The molecule has 28 heavy (non-hydrogen) atoms. The quantitative estimate of drug-likeness (QED) is 0.304. The first-order valence-corrected chi connectivity index (χ1v) is 8.92. The van der Waals surface area contributed by atoms with E-state index in [1.54, 1.807) is 0 Å². The number of hydrogen-bond acceptors (Lipinski definition) is 2. The molecule has 0 spiro atoms. The minimum atomic E-state index is -0.264. The molecule has 4 rings (SSSR count). The third-order valence-corrected chi connectivity index (χ3v) is 5.07. The summed E-state index contributed by atoms with van der Waals surface area (Å²) in [7, 11) is 0. The maximum Gasteiger partial charge on any atom is 0.273 e. The zero-order valence-corrected chi connectivity index (χ0v) is 15.6. The van der Waals surface area contributed by atoms with Crippen LogP contribution in [0.1, 0.15) is 27.0 Å². The van der Waals surface area contributed by atoms with Crippen molar-refractivity contribution < 1.29 is 4.79 Å². The van der Waals surface area contributed by atoms with Gasteiger partial charge in [0, 0.05) is 11.1 Å². The van der Waals surface area contributed by atoms with Crippen molar-refractivity contribution in [2.24, 2.45) is 0 Å². The van der Waals surface area contributed by atoms with Gasteiger partial charge in [0.05, 0.1) is 12.6 Å². The van der Waals surface area contributed by atoms with Crippen LogP contribution >= 0.6 is 0 Å². The van der Waals surface area contributed by atoms with Crippen LogP contribution in [0.2, 0.25) is 0 Å². The molecule has 0 saturated heterocycles. The smallest absolute Gasteiger partial charge is 0.273 e. The highest BCUT2D eigenvalue weighted by Gasteiger charge is 2.30. The molecule has 3 nitrogen and oxygen atoms in total. The zero-order valence-electron chi connectivity index (χ0n) is 15.6. The molecule has 132 valence electrons. The van der Waals surface area contributed by atoms with Crippen molar-refractivity contribution in [2.45, 2.75) is 13.8 Å². The second-order valence-electron chi connectivity index (χ2n) is 6.95. The number of Topliss-reactive ketones (excluding diaryl/α,β-unsaturated/α-hetero) is 1. The predicted molar refractivity (Wildman–Crippen MR) is 110 cm³/mol. The molecular weight excluding hydrogens is 344 g/mol. The number of rotatable bonds is 1. The Morgan fingerprint density at radius 1 is 0.821 bits per heavy atom. The Labute approximate surface area is 164 Å². The Morgan fingerprint density at radius 2 is 1.43 bits per heavy atom. The summed E-state index contributed by atoms with van der Waals surface area (Å²) in [5.74, 6) is -0.264. The van der Waals surface area contributed by atoms with Crippen molar-refractivity contribution in [3.8, 4) is 28.3 Å². The van der Waals surface area contributed by atoms with Gasteiger partial charge in [0.2, 0.25) is 0 Å². The third-order valence-electron chi connectivity index (χ3n) is 5.07. The van der Waals surface area contributed by atoms with Gasteiger partial charge in [-0.3, -0.25) is 4.79 Å². The summed E-state index contributed by atoms with van der Waals surface area (Å²) in [5, 5.41) is 9.47. The van der Waals surface area contributed by atoms with Crippen molar-refractivity contribution in [1.82, 2.24) is 0 Å². The molecule has 0 unspecified atom stereocenters. The Hall–Kier alpha value is -3.95. The lowest BCUT2D eigenvalue weighted by Crippen LogP contribution is -2.13. The Morgan fingerprint density at radius 3 is 2.11 bits per heavy atom. The molecule has 1 aliphatic rings. The molecule has 0 aromatic heterocycles. The fourth-order valence-electron chi connectivity index (χ4n) is 3.62. The highest BCUT2D eigenvalue weighted by Crippen LogP contribution is 2.42. The van der Waals surface area contributed by atoms with Gasteiger partial charge in [-0.2, -0.15) is 0 Å². The van der Waals surface area contributed by atoms with Crippen LogP contribution in [0.3, 0.4) is 0 Å². The largest absolute Gasteiger partial charge is 0.290 e. The highest BCUT2D eigenvalue weighted by atomic mass is 16.1. The normalized spacial score (nSPS) is 13.8. The van der Waals surface area contributed by atoms with Crippen LogP contribution in [0.15, 0.2) is 66.4 Å². The number of carbonyl (C=O) groups excluding carboxylic acids is 1. The first-order chi connectivity index (χ1) is 13.5. The number of aryl methyl sites for hydroxylation is 2. The number of carbonyl (C=O) groups is 1. The highest BCUT2D eigenvalue weighted by molar-refractivity contribution is 6.35. The molecule has 0 fully saturated rings. The van der Waals surface area contributed by atoms with Crippen molar-refractivity contribution in [3.05, 3.63) is 100 Å². The fourth-order valence-corrected chi connectivity index (χ4v) is 3.62. The molecule has 0 atom stereocenters. The van der Waals surface area contributed by atoms with E-state index in [9.17, 15) is 10.1 Å². The molecular formula is C25H16N2O. The van der Waals surface area contributed by atoms with Gasteiger partial charge < -0.3 is 0 Å². The van der Waals surface area contributed by atoms with E-state index in [2.05, 4.69) is 4.85 Å². The van der Waals surface area contributed by atoms with Gasteiger partial charge in [0.15, 0.2) is 5.78 Å². The van der Waals surface area contributed by atoms with Gasteiger partial charge >= 0.3 is 0 Å². The lowest BCUT2D eigenvalue weighted by Gasteiger charge is -2.23. The number of fused-ring (bicyclic) bond motifs is 3. The molecule has 0 aliphatic heterocycles. The van der Waals surface area contributed by atoms with E-state index in [0.29, 0.717) is 11.1 Å². The molecule has 0 radical (unpaired) electrons. The number of hydrogen-bond donors (Lipinski definition) is 0. The zero-order chi connectivity index (χ0) is 19.8. The summed E-state index contributed by atoms with van der Waals surface area (Å²) in [4.78, 5) is 16.6. The lowest BCUT2D eigenvalue weighted by atomic mass is 9.79. The molecule has 3 aromatic carbocycles. The van der Waals surface area contributed by atoms with E-state index in [1.807, 2.05) is 80.6 Å². The first kappa shape index (κ1) is 17.5. The topological polar surface area (TPSA) is 45.2 Å². The number of ketones is 1. The molecule has 0 amide bonds. The van der Waals surface area contributed by atoms with Crippen LogP contribution in [0.5, 0.6) is 0 Å². The van der Waals surface area contributed by atoms with Crippen LogP contribution < -0.4 is 0 Å². The Bertz CT molecular complexity index is 1230. The summed E-state index contributed by atoms with van der Waals surface area (Å²) < 4.78 is 0. The van der Waals surface area contributed by atoms with E-state index in [0.717, 1.165) is 27.8 Å². The molecule has 3 heteroatoms. The van der Waals surface area contributed by atoms with Gasteiger partial charge in [-0.05, 0) is 53.8 Å². The molecule has 0 N–H and O–H groups in total. The van der Waals surface area contributed by atoms with Crippen LogP contribution in [0.25, 0.3) is 32.7 Å². The number of benzene rings is 3. The summed E-state index contributed by atoms with van der Waals surface area (Å²) >= 11 is 0. The summed E-state index contributed by atoms with van der Waals surface area (Å²) in [6, 6.07) is 21.7. The van der Waals surface area contributed by atoms with Crippen LogP contribution in [-0.4, -0.2) is 5.78 Å². The number of allylic oxidation sites excluding steroid dienone is 2.